The number of nitrogens with zero attached hydrogens (tertiary/aromatic N) is 1. The van der Waals surface area contributed by atoms with Gasteiger partial charge in [0, 0.05) is 11.7 Å². The van der Waals surface area contributed by atoms with Crippen LogP contribution in [0.5, 0.6) is 0 Å². The quantitative estimate of drug-likeness (QED) is 0.859. The van der Waals surface area contributed by atoms with Crippen LogP contribution in [0.3, 0.4) is 0 Å². The number of rotatable bonds is 5. The second-order valence-electron chi connectivity index (χ2n) is 4.34. The van der Waals surface area contributed by atoms with Crippen molar-refractivity contribution in [3.05, 3.63) is 28.5 Å². The molecule has 1 rings (SSSR count). The van der Waals surface area contributed by atoms with E-state index in [0.717, 1.165) is 6.07 Å². The van der Waals surface area contributed by atoms with Gasteiger partial charge >= 0.3 is 12.0 Å². The van der Waals surface area contributed by atoms with E-state index in [1.807, 2.05) is 6.92 Å². The van der Waals surface area contributed by atoms with Gasteiger partial charge in [0.15, 0.2) is 0 Å². The Hall–Kier alpha value is -1.63. The zero-order valence-electron chi connectivity index (χ0n) is 11.2. The van der Waals surface area contributed by atoms with Crippen molar-refractivity contribution in [2.45, 2.75) is 26.3 Å². The van der Waals surface area contributed by atoms with Crippen molar-refractivity contribution in [1.29, 1.82) is 0 Å². The molecular weight excluding hydrogens is 331 g/mol. The molecule has 0 aliphatic rings. The molecule has 0 aliphatic carbocycles. The number of benzene rings is 1. The van der Waals surface area contributed by atoms with Gasteiger partial charge in [-0.1, -0.05) is 6.92 Å². The van der Waals surface area contributed by atoms with Gasteiger partial charge in [0.05, 0.1) is 4.47 Å². The van der Waals surface area contributed by atoms with Gasteiger partial charge in [-0.25, -0.2) is 9.18 Å². The number of aliphatic carboxylic acids is 1. The zero-order valence-corrected chi connectivity index (χ0v) is 12.8. The number of nitrogens with one attached hydrogen (secondary N) is 1. The Morgan fingerprint density at radius 2 is 2.15 bits per heavy atom. The molecule has 0 aromatic heterocycles. The molecule has 7 heteroatoms. The predicted octanol–water partition coefficient (Wildman–Crippen LogP) is 3.31. The fourth-order valence-corrected chi connectivity index (χ4v) is 1.81. The summed E-state index contributed by atoms with van der Waals surface area (Å²) in [6.07, 6.45) is 0.620. The lowest BCUT2D eigenvalue weighted by Gasteiger charge is -2.27. The van der Waals surface area contributed by atoms with Gasteiger partial charge in [-0.05, 0) is 47.5 Å². The first kappa shape index (κ1) is 16.4. The molecule has 0 spiro atoms. The smallest absolute Gasteiger partial charge is 0.323 e. The molecule has 0 aliphatic heterocycles. The maximum Gasteiger partial charge on any atom is 0.323 e. The number of urea groups is 1. The maximum atomic E-state index is 13.4. The summed E-state index contributed by atoms with van der Waals surface area (Å²) in [6, 6.07) is 3.36. The van der Waals surface area contributed by atoms with E-state index >= 15 is 0 Å². The lowest BCUT2D eigenvalue weighted by atomic mass is 10.2. The lowest BCUT2D eigenvalue weighted by Crippen LogP contribution is -2.44. The number of halogens is 2. The molecule has 1 aromatic carbocycles. The van der Waals surface area contributed by atoms with Gasteiger partial charge in [0.25, 0.3) is 0 Å². The molecular formula is C13H16BrFN2O3. The van der Waals surface area contributed by atoms with Crippen LogP contribution >= 0.6 is 15.9 Å². The van der Waals surface area contributed by atoms with Gasteiger partial charge in [-0.15, -0.1) is 0 Å². The summed E-state index contributed by atoms with van der Waals surface area (Å²) in [5, 5.41) is 11.3. The van der Waals surface area contributed by atoms with E-state index in [2.05, 4.69) is 21.2 Å². The first-order chi connectivity index (χ1) is 9.35. The number of carbonyl (C=O) groups is 2. The maximum absolute atomic E-state index is 13.4. The molecule has 0 saturated heterocycles. The molecule has 0 radical (unpaired) electrons. The molecule has 0 bridgehead atoms. The van der Waals surface area contributed by atoms with Crippen LogP contribution in [0.2, 0.25) is 0 Å². The molecule has 20 heavy (non-hydrogen) atoms. The number of carboxylic acid groups (broad SMARTS) is 1. The topological polar surface area (TPSA) is 69.6 Å². The average molecular weight is 347 g/mol. The molecule has 5 nitrogen and oxygen atoms in total. The highest BCUT2D eigenvalue weighted by atomic mass is 79.9. The minimum atomic E-state index is -1.09. The number of hydrogen-bond acceptors (Lipinski definition) is 2. The SMILES string of the molecule is CCC(C)N(CC(=O)O)C(=O)Nc1ccc(Br)c(F)c1. The van der Waals surface area contributed by atoms with Gasteiger partial charge in [0.1, 0.15) is 12.4 Å². The molecule has 1 unspecified atom stereocenters. The van der Waals surface area contributed by atoms with Crippen LogP contribution in [0.4, 0.5) is 14.9 Å². The monoisotopic (exact) mass is 346 g/mol. The summed E-state index contributed by atoms with van der Waals surface area (Å²) >= 11 is 3.02. The van der Waals surface area contributed by atoms with E-state index in [0.29, 0.717) is 10.9 Å². The molecule has 2 N–H and O–H groups in total. The van der Waals surface area contributed by atoms with Crippen molar-refractivity contribution in [2.75, 3.05) is 11.9 Å². The normalized spacial score (nSPS) is 11.8. The second-order valence-corrected chi connectivity index (χ2v) is 5.19. The van der Waals surface area contributed by atoms with E-state index in [1.54, 1.807) is 6.92 Å². The molecule has 1 atom stereocenters. The van der Waals surface area contributed by atoms with E-state index < -0.39 is 24.4 Å². The van der Waals surface area contributed by atoms with Gasteiger partial charge in [-0.2, -0.15) is 0 Å². The largest absolute Gasteiger partial charge is 0.480 e. The third-order valence-corrected chi connectivity index (χ3v) is 3.50. The van der Waals surface area contributed by atoms with Crippen molar-refractivity contribution >= 4 is 33.6 Å². The summed E-state index contributed by atoms with van der Waals surface area (Å²) in [5.41, 5.74) is 0.273. The number of amides is 2. The van der Waals surface area contributed by atoms with Crippen LogP contribution < -0.4 is 5.32 Å². The van der Waals surface area contributed by atoms with E-state index in [1.165, 1.54) is 17.0 Å². The number of carboxylic acids is 1. The highest BCUT2D eigenvalue weighted by Gasteiger charge is 2.21. The van der Waals surface area contributed by atoms with Crippen LogP contribution in [-0.4, -0.2) is 34.6 Å². The highest BCUT2D eigenvalue weighted by Crippen LogP contribution is 2.20. The van der Waals surface area contributed by atoms with E-state index in [-0.39, 0.29) is 11.7 Å². The van der Waals surface area contributed by atoms with E-state index in [4.69, 9.17) is 5.11 Å². The summed E-state index contributed by atoms with van der Waals surface area (Å²) in [6.45, 7) is 3.20. The molecule has 0 fully saturated rings. The van der Waals surface area contributed by atoms with Crippen molar-refractivity contribution in [3.8, 4) is 0 Å². The van der Waals surface area contributed by atoms with Crippen molar-refractivity contribution < 1.29 is 19.1 Å². The van der Waals surface area contributed by atoms with Crippen LogP contribution in [0.1, 0.15) is 20.3 Å². The highest BCUT2D eigenvalue weighted by molar-refractivity contribution is 9.10. The number of hydrogen-bond donors (Lipinski definition) is 2. The van der Waals surface area contributed by atoms with Crippen molar-refractivity contribution in [3.63, 3.8) is 0 Å². The molecule has 0 saturated carbocycles. The number of anilines is 1. The second kappa shape index (κ2) is 7.23. The first-order valence-electron chi connectivity index (χ1n) is 6.09. The molecule has 0 heterocycles. The molecule has 2 amide bonds. The Labute approximate surface area is 124 Å². The fraction of sp³-hybridized carbons (Fsp3) is 0.385. The van der Waals surface area contributed by atoms with Crippen LogP contribution in [0, 0.1) is 5.82 Å². The Balaban J connectivity index is 2.84. The summed E-state index contributed by atoms with van der Waals surface area (Å²) in [7, 11) is 0. The van der Waals surface area contributed by atoms with Crippen LogP contribution in [0.15, 0.2) is 22.7 Å². The van der Waals surface area contributed by atoms with Gasteiger partial charge < -0.3 is 15.3 Å². The Kier molecular flexibility index (Phi) is 5.94. The molecule has 110 valence electrons. The van der Waals surface area contributed by atoms with Gasteiger partial charge in [-0.3, -0.25) is 4.79 Å². The summed E-state index contributed by atoms with van der Waals surface area (Å²) in [4.78, 5) is 24.1. The van der Waals surface area contributed by atoms with Gasteiger partial charge in [0.2, 0.25) is 0 Å². The Morgan fingerprint density at radius 3 is 2.65 bits per heavy atom. The fourth-order valence-electron chi connectivity index (χ4n) is 1.56. The Morgan fingerprint density at radius 1 is 1.50 bits per heavy atom. The molecule has 1 aromatic rings. The van der Waals surface area contributed by atoms with Crippen LogP contribution in [0.25, 0.3) is 0 Å². The standard InChI is InChI=1S/C13H16BrFN2O3/c1-3-8(2)17(7-12(18)19)13(20)16-9-4-5-10(14)11(15)6-9/h4-6,8H,3,7H2,1-2H3,(H,16,20)(H,18,19). The lowest BCUT2D eigenvalue weighted by molar-refractivity contribution is -0.138. The predicted molar refractivity (Wildman–Crippen MR) is 77.2 cm³/mol. The summed E-state index contributed by atoms with van der Waals surface area (Å²) < 4.78 is 13.7. The summed E-state index contributed by atoms with van der Waals surface area (Å²) in [5.74, 6) is -1.60. The van der Waals surface area contributed by atoms with Crippen LogP contribution in [-0.2, 0) is 4.79 Å². The number of carbonyl (C=O) groups excluding carboxylic acids is 1. The van der Waals surface area contributed by atoms with Crippen molar-refractivity contribution in [2.24, 2.45) is 0 Å². The zero-order chi connectivity index (χ0) is 15.3. The van der Waals surface area contributed by atoms with E-state index in [9.17, 15) is 14.0 Å². The minimum Gasteiger partial charge on any atom is -0.480 e. The Bertz CT molecular complexity index is 510. The first-order valence-corrected chi connectivity index (χ1v) is 6.89. The third-order valence-electron chi connectivity index (χ3n) is 2.86. The minimum absolute atomic E-state index is 0.230. The average Bonchev–Trinajstić information content (AvgIpc) is 2.39. The van der Waals surface area contributed by atoms with Crippen molar-refractivity contribution in [1.82, 2.24) is 4.90 Å². The third kappa shape index (κ3) is 4.48.